The number of primary amides is 1. The molecule has 25 nitrogen and oxygen atoms in total. The molecule has 716 valence electrons. The molecule has 8 aromatic carbocycles. The summed E-state index contributed by atoms with van der Waals surface area (Å²) >= 11 is 12.7. The number of nitrogens with one attached hydrogen (secondary N) is 7. The van der Waals surface area contributed by atoms with Gasteiger partial charge in [-0.1, -0.05) is 319 Å². The summed E-state index contributed by atoms with van der Waals surface area (Å²) in [6, 6.07) is 65.5. The number of nitro groups is 1. The van der Waals surface area contributed by atoms with Crippen molar-refractivity contribution < 1.29 is 67.3 Å². The number of rotatable bonds is 40. The van der Waals surface area contributed by atoms with Crippen LogP contribution in [0.2, 0.25) is 0 Å². The first kappa shape index (κ1) is 107. The number of aliphatic hydroxyl groups is 1. The fourth-order valence-electron chi connectivity index (χ4n) is 16.0. The number of aliphatic hydroxyl groups excluding tert-OH is 1. The molecule has 4 aliphatic rings. The molecule has 0 bridgehead atoms. The molecule has 10 N–H and O–H groups in total. The number of fused-ring (bicyclic) bond motifs is 12. The minimum absolute atomic E-state index is 0.0104. The largest absolute Gasteiger partial charge is 0.449 e. The lowest BCUT2D eigenvalue weighted by atomic mass is 9.98. The number of ether oxygens (including phenoxy) is 4. The predicted octanol–water partition coefficient (Wildman–Crippen LogP) is 19.9. The van der Waals surface area contributed by atoms with Gasteiger partial charge in [-0.3, -0.25) is 29.3 Å². The Bertz CT molecular complexity index is 5300. The van der Waals surface area contributed by atoms with Crippen molar-refractivity contribution in [1.29, 1.82) is 0 Å². The number of carbonyl (C=O) groups is 8. The average molecular weight is 1930 g/mol. The Balaban J connectivity index is 0.000000201. The van der Waals surface area contributed by atoms with Crippen LogP contribution < -0.4 is 43.0 Å². The van der Waals surface area contributed by atoms with Crippen molar-refractivity contribution in [3.8, 4) is 44.5 Å². The highest BCUT2D eigenvalue weighted by Gasteiger charge is 2.37. The molecule has 8 amide bonds. The van der Waals surface area contributed by atoms with E-state index in [0.717, 1.165) is 104 Å². The van der Waals surface area contributed by atoms with Crippen LogP contribution in [0.25, 0.3) is 44.5 Å². The Morgan fingerprint density at radius 2 is 0.667 bits per heavy atom. The van der Waals surface area contributed by atoms with Crippen LogP contribution in [0.4, 0.5) is 24.9 Å². The molecule has 0 unspecified atom stereocenters. The van der Waals surface area contributed by atoms with Crippen LogP contribution in [0.3, 0.4) is 0 Å². The zero-order valence-electron chi connectivity index (χ0n) is 77.9. The SMILES string of the molecule is CC/C=C\CS.CC[C@H](C)[C@H](NC(=O)OCC1c2ccccc2-c2ccccc21)C(=O)NCO.CC[C@H](C)[C@H](NC(=O)OCC1c2ccccc2-c2ccccc21)C(=O)NCSC/C=C\CS.CC[C@H](C)[C@H](NC(=O)OCC1c2ccccc2-c2ccccc21)C(=O)NCSC/C=C\CSc1ccc([N+](=O)[O-])cn1.CC[C@H](C)[C@H](NC(=O)OCC1c2ccccc2-c2ccccc21)C(N)=O. The molecule has 0 spiro atoms. The first-order valence-electron chi connectivity index (χ1n) is 45.7. The predicted molar refractivity (Wildman–Crippen MR) is 548 cm³/mol. The van der Waals surface area contributed by atoms with E-state index in [0.29, 0.717) is 40.5 Å². The summed E-state index contributed by atoms with van der Waals surface area (Å²) in [6.07, 6.45) is 15.0. The van der Waals surface area contributed by atoms with E-state index < -0.39 is 72.0 Å². The monoisotopic (exact) mass is 1930 g/mol. The van der Waals surface area contributed by atoms with Gasteiger partial charge in [-0.15, -0.1) is 35.3 Å². The fourth-order valence-corrected chi connectivity index (χ4v) is 18.3. The molecule has 4 aliphatic carbocycles. The summed E-state index contributed by atoms with van der Waals surface area (Å²) in [6.45, 7) is 17.9. The van der Waals surface area contributed by atoms with E-state index in [-0.39, 0.29) is 91.3 Å². The smallest absolute Gasteiger partial charge is 0.407 e. The number of nitrogens with two attached hydrogens (primary N) is 1. The number of aromatic nitrogens is 1. The Morgan fingerprint density at radius 1 is 0.400 bits per heavy atom. The van der Waals surface area contributed by atoms with Crippen molar-refractivity contribution in [3.63, 3.8) is 0 Å². The highest BCUT2D eigenvalue weighted by atomic mass is 32.2. The van der Waals surface area contributed by atoms with Crippen molar-refractivity contribution in [3.05, 3.63) is 304 Å². The molecule has 0 fully saturated rings. The van der Waals surface area contributed by atoms with Gasteiger partial charge in [-0.2, -0.15) is 25.3 Å². The van der Waals surface area contributed by atoms with Crippen LogP contribution >= 0.6 is 60.5 Å². The Hall–Kier alpha value is -11.8. The third-order valence-electron chi connectivity index (χ3n) is 24.1. The Morgan fingerprint density at radius 3 is 0.919 bits per heavy atom. The number of amides is 8. The second-order valence-electron chi connectivity index (χ2n) is 32.7. The molecule has 0 aliphatic heterocycles. The molecule has 0 radical (unpaired) electrons. The number of pyridine rings is 1. The lowest BCUT2D eigenvalue weighted by Crippen LogP contribution is -2.50. The van der Waals surface area contributed by atoms with Crippen molar-refractivity contribution in [2.45, 2.75) is 147 Å². The summed E-state index contributed by atoms with van der Waals surface area (Å²) in [7, 11) is 0. The molecule has 9 aromatic rings. The number of allylic oxidation sites excluding steroid dienone is 1. The molecular weight excluding hydrogens is 1800 g/mol. The van der Waals surface area contributed by atoms with Crippen LogP contribution in [0.1, 0.15) is 163 Å². The van der Waals surface area contributed by atoms with Crippen LogP contribution in [-0.2, 0) is 38.1 Å². The lowest BCUT2D eigenvalue weighted by molar-refractivity contribution is -0.385. The number of alkyl carbamates (subject to hydrolysis) is 4. The molecular formula is C105H126N10O15S5. The van der Waals surface area contributed by atoms with Crippen LogP contribution in [0.15, 0.2) is 254 Å². The lowest BCUT2D eigenvalue weighted by Gasteiger charge is -2.23. The fraction of sp³-hybridized carbons (Fsp3) is 0.362. The summed E-state index contributed by atoms with van der Waals surface area (Å²) in [5.41, 5.74) is 23.9. The van der Waals surface area contributed by atoms with Gasteiger partial charge in [0.1, 0.15) is 63.5 Å². The van der Waals surface area contributed by atoms with Gasteiger partial charge in [0.2, 0.25) is 23.6 Å². The van der Waals surface area contributed by atoms with E-state index in [1.54, 1.807) is 29.6 Å². The number of nitrogens with zero attached hydrogens (tertiary/aromatic N) is 2. The molecule has 1 heterocycles. The average Bonchev–Trinajstić information content (AvgIpc) is 1.63. The van der Waals surface area contributed by atoms with Crippen molar-refractivity contribution in [2.75, 3.05) is 73.7 Å². The molecule has 0 saturated carbocycles. The number of thioether (sulfide) groups is 3. The quantitative estimate of drug-likeness (QED) is 0.00248. The maximum absolute atomic E-state index is 13.0. The summed E-state index contributed by atoms with van der Waals surface area (Å²) in [5, 5.41) is 39.3. The third-order valence-corrected chi connectivity index (χ3v) is 26.9. The van der Waals surface area contributed by atoms with Gasteiger partial charge in [0, 0.05) is 58.5 Å². The Kier molecular flexibility index (Phi) is 44.8. The van der Waals surface area contributed by atoms with Gasteiger partial charge in [0.15, 0.2) is 0 Å². The minimum Gasteiger partial charge on any atom is -0.449 e. The normalized spacial score (nSPS) is 14.1. The van der Waals surface area contributed by atoms with Gasteiger partial charge >= 0.3 is 24.4 Å². The second kappa shape index (κ2) is 56.5. The van der Waals surface area contributed by atoms with Gasteiger partial charge in [0.25, 0.3) is 5.69 Å². The molecule has 13 rings (SSSR count). The van der Waals surface area contributed by atoms with E-state index in [1.807, 2.05) is 183 Å². The standard InChI is InChI=1S/C31H34N4O5S2.C26H32N2O3S2.C22H26N2O4.C21H24N2O3.C5H10S/c1-3-21(2)29(30(36)33-20-41-16-8-9-17-42-28-15-14-22(18-32-28)35(38)39)34-31(37)40-19-27-25-12-6-4-10-23(25)24-11-5-7-13-26(24)27;1-3-18(2)24(25(29)27-17-33-15-9-8-14-32)28-26(30)31-16-23-21-12-6-4-10-19(21)20-11-5-7-13-22(20)23;1-3-14(2)20(21(26)23-13-25)24-22(27)28-12-19-17-10-6-4-8-15(17)16-9-5-7-11-18(16)19;1-3-13(2)19(20(22)24)23-21(25)26-12-18-16-10-6-4-8-14(16)15-9-5-7-11-17(15)18;1-2-3-4-5-6/h4-15,18,21,27,29H,3,16-17,19-20H2,1-2H3,(H,33,36)(H,34,37);4-13,18,23-24,32H,3,14-17H2,1-2H3,(H,27,29)(H,28,30);4-11,14,19-20,25H,3,12-13H2,1-2H3,(H,23,26)(H,24,27);4-11,13,18-19H,3,12H2,1-2H3,(H2,22,24)(H,23,25);3-4,6H,2,5H2,1H3/b2*9-8-;;;4-3-/t21-,29-;18-,24-;14-,20-;13-,19-;/m0000./s1. The van der Waals surface area contributed by atoms with E-state index in [9.17, 15) is 48.5 Å². The second-order valence-corrected chi connectivity index (χ2v) is 36.5. The molecule has 135 heavy (non-hydrogen) atoms. The highest BCUT2D eigenvalue weighted by molar-refractivity contribution is 7.99. The van der Waals surface area contributed by atoms with E-state index in [4.69, 9.17) is 29.8 Å². The van der Waals surface area contributed by atoms with Crippen LogP contribution in [0.5, 0.6) is 0 Å². The van der Waals surface area contributed by atoms with Gasteiger partial charge in [-0.25, -0.2) is 24.2 Å². The summed E-state index contributed by atoms with van der Waals surface area (Å²) < 4.78 is 22.3. The Labute approximate surface area is 816 Å². The topological polar surface area (TPSA) is 360 Å². The molecule has 1 aromatic heterocycles. The van der Waals surface area contributed by atoms with Crippen molar-refractivity contribution >= 4 is 114 Å². The number of hydrogen-bond acceptors (Lipinski definition) is 21. The molecule has 0 saturated heterocycles. The molecule has 8 atom stereocenters. The van der Waals surface area contributed by atoms with E-state index >= 15 is 0 Å². The van der Waals surface area contributed by atoms with Crippen molar-refractivity contribution in [1.82, 2.24) is 42.2 Å². The number of carbonyl (C=O) groups excluding carboxylic acids is 8. The zero-order chi connectivity index (χ0) is 97.1. The molecule has 30 heteroatoms. The maximum Gasteiger partial charge on any atom is 0.407 e. The first-order chi connectivity index (χ1) is 65.4. The van der Waals surface area contributed by atoms with Gasteiger partial charge in [0.05, 0.1) is 21.7 Å². The number of thiol groups is 2. The van der Waals surface area contributed by atoms with E-state index in [1.165, 1.54) is 46.3 Å². The zero-order valence-corrected chi connectivity index (χ0v) is 82.1. The van der Waals surface area contributed by atoms with Crippen LogP contribution in [0, 0.1) is 33.8 Å². The number of hydrogen-bond donors (Lipinski definition) is 11. The van der Waals surface area contributed by atoms with E-state index in [2.05, 4.69) is 178 Å². The van der Waals surface area contributed by atoms with Gasteiger partial charge in [-0.05, 0) is 125 Å². The van der Waals surface area contributed by atoms with Gasteiger partial charge < -0.3 is 67.0 Å². The minimum atomic E-state index is -0.757. The third kappa shape index (κ3) is 30.9. The maximum atomic E-state index is 13.0. The first-order valence-corrected chi connectivity index (χ1v) is 50.3. The summed E-state index contributed by atoms with van der Waals surface area (Å²) in [5.74, 6) is 2.89. The number of benzene rings is 8. The van der Waals surface area contributed by atoms with Crippen molar-refractivity contribution in [2.24, 2.45) is 29.4 Å². The highest BCUT2D eigenvalue weighted by Crippen LogP contribution is 2.49. The summed E-state index contributed by atoms with van der Waals surface area (Å²) in [4.78, 5) is 114. The van der Waals surface area contributed by atoms with Crippen LogP contribution in [-0.4, -0.2) is 161 Å².